The summed E-state index contributed by atoms with van der Waals surface area (Å²) in [5.74, 6) is 0.645. The van der Waals surface area contributed by atoms with Crippen LogP contribution in [0.15, 0.2) is 33.7 Å². The molecule has 124 valence electrons. The van der Waals surface area contributed by atoms with Crippen molar-refractivity contribution in [1.29, 1.82) is 0 Å². The summed E-state index contributed by atoms with van der Waals surface area (Å²) in [6, 6.07) is 6.91. The fourth-order valence-corrected chi connectivity index (χ4v) is 4.72. The van der Waals surface area contributed by atoms with Crippen molar-refractivity contribution < 1.29 is 12.9 Å². The Bertz CT molecular complexity index is 811. The van der Waals surface area contributed by atoms with E-state index < -0.39 is 10.0 Å². The van der Waals surface area contributed by atoms with Gasteiger partial charge in [-0.25, -0.2) is 8.42 Å². The van der Waals surface area contributed by atoms with Gasteiger partial charge in [-0.3, -0.25) is 0 Å². The third-order valence-corrected chi connectivity index (χ3v) is 6.46. The first-order valence-electron chi connectivity index (χ1n) is 7.98. The molecule has 0 bridgehead atoms. The summed E-state index contributed by atoms with van der Waals surface area (Å²) in [7, 11) is -3.53. The molecule has 0 N–H and O–H groups in total. The highest BCUT2D eigenvalue weighted by molar-refractivity contribution is 7.89. The number of aromatic nitrogens is 1. The Hall–Kier alpha value is -1.66. The Labute approximate surface area is 137 Å². The van der Waals surface area contributed by atoms with Gasteiger partial charge in [-0.15, -0.1) is 0 Å². The van der Waals surface area contributed by atoms with Crippen LogP contribution in [0.25, 0.3) is 0 Å². The molecule has 2 heterocycles. The van der Waals surface area contributed by atoms with E-state index in [4.69, 9.17) is 4.52 Å². The zero-order valence-electron chi connectivity index (χ0n) is 13.7. The Morgan fingerprint density at radius 2 is 2.04 bits per heavy atom. The third kappa shape index (κ3) is 2.93. The van der Waals surface area contributed by atoms with Crippen LogP contribution in [0.3, 0.4) is 0 Å². The predicted octanol–water partition coefficient (Wildman–Crippen LogP) is 3.38. The number of benzene rings is 1. The van der Waals surface area contributed by atoms with E-state index in [0.717, 1.165) is 36.1 Å². The van der Waals surface area contributed by atoms with E-state index in [9.17, 15) is 8.42 Å². The lowest BCUT2D eigenvalue weighted by Gasteiger charge is -2.22. The maximum Gasteiger partial charge on any atom is 0.243 e. The van der Waals surface area contributed by atoms with Crippen LogP contribution in [0.5, 0.6) is 0 Å². The van der Waals surface area contributed by atoms with Crippen molar-refractivity contribution in [2.24, 2.45) is 0 Å². The van der Waals surface area contributed by atoms with Crippen molar-refractivity contribution in [3.63, 3.8) is 0 Å². The summed E-state index contributed by atoms with van der Waals surface area (Å²) in [5, 5.41) is 4.00. The summed E-state index contributed by atoms with van der Waals surface area (Å²) < 4.78 is 33.0. The molecule has 0 spiro atoms. The quantitative estimate of drug-likeness (QED) is 0.860. The van der Waals surface area contributed by atoms with Crippen LogP contribution in [0.2, 0.25) is 0 Å². The molecule has 1 aliphatic rings. The molecule has 1 fully saturated rings. The summed E-state index contributed by atoms with van der Waals surface area (Å²) in [5.41, 5.74) is 2.93. The predicted molar refractivity (Wildman–Crippen MR) is 87.7 cm³/mol. The van der Waals surface area contributed by atoms with Gasteiger partial charge in [0.1, 0.15) is 0 Å². The van der Waals surface area contributed by atoms with Gasteiger partial charge < -0.3 is 4.52 Å². The normalized spacial score (nSPS) is 19.3. The van der Waals surface area contributed by atoms with E-state index in [-0.39, 0.29) is 6.04 Å². The molecule has 0 aliphatic carbocycles. The lowest BCUT2D eigenvalue weighted by atomic mass is 10.1. The number of nitrogens with zero attached hydrogens (tertiary/aromatic N) is 2. The van der Waals surface area contributed by atoms with Gasteiger partial charge in [0.05, 0.1) is 16.6 Å². The van der Waals surface area contributed by atoms with Crippen molar-refractivity contribution >= 4 is 10.0 Å². The van der Waals surface area contributed by atoms with E-state index in [0.29, 0.717) is 17.2 Å². The average Bonchev–Trinajstić information content (AvgIpc) is 3.17. The highest BCUT2D eigenvalue weighted by Gasteiger charge is 2.38. The first-order valence-corrected chi connectivity index (χ1v) is 9.42. The molecule has 0 saturated carbocycles. The second-order valence-corrected chi connectivity index (χ2v) is 7.98. The average molecular weight is 334 g/mol. The van der Waals surface area contributed by atoms with Crippen LogP contribution < -0.4 is 0 Å². The fraction of sp³-hybridized carbons (Fsp3) is 0.471. The summed E-state index contributed by atoms with van der Waals surface area (Å²) in [4.78, 5) is 0.350. The van der Waals surface area contributed by atoms with Crippen LogP contribution in [0.1, 0.15) is 48.4 Å². The molecule has 0 amide bonds. The van der Waals surface area contributed by atoms with Crippen LogP contribution in [0, 0.1) is 13.8 Å². The summed E-state index contributed by atoms with van der Waals surface area (Å²) >= 11 is 0. The van der Waals surface area contributed by atoms with Crippen molar-refractivity contribution in [2.45, 2.75) is 51.0 Å². The molecule has 6 heteroatoms. The van der Waals surface area contributed by atoms with E-state index >= 15 is 0 Å². The Kier molecular flexibility index (Phi) is 4.29. The zero-order valence-corrected chi connectivity index (χ0v) is 14.6. The standard InChI is InChI=1S/C17H22N2O3S/c1-4-14-11-17(22-18-14)16-6-5-9-19(16)23(20,21)15-8-7-12(2)13(3)10-15/h7-8,10-11,16H,4-6,9H2,1-3H3/t16-/m1/s1. The highest BCUT2D eigenvalue weighted by atomic mass is 32.2. The van der Waals surface area contributed by atoms with E-state index in [1.807, 2.05) is 32.9 Å². The molecule has 1 atom stereocenters. The third-order valence-electron chi connectivity index (χ3n) is 4.56. The minimum absolute atomic E-state index is 0.255. The zero-order chi connectivity index (χ0) is 16.6. The SMILES string of the molecule is CCc1cc([C@H]2CCCN2S(=O)(=O)c2ccc(C)c(C)c2)on1. The Balaban J connectivity index is 1.96. The second kappa shape index (κ2) is 6.09. The van der Waals surface area contributed by atoms with Crippen LogP contribution in [-0.4, -0.2) is 24.4 Å². The van der Waals surface area contributed by atoms with Gasteiger partial charge in [-0.1, -0.05) is 18.1 Å². The van der Waals surface area contributed by atoms with Crippen molar-refractivity contribution in [2.75, 3.05) is 6.54 Å². The fourth-order valence-electron chi connectivity index (χ4n) is 2.97. The molecule has 0 unspecified atom stereocenters. The molecule has 0 radical (unpaired) electrons. The first kappa shape index (κ1) is 16.2. The number of sulfonamides is 1. The Morgan fingerprint density at radius 3 is 2.70 bits per heavy atom. The number of rotatable bonds is 4. The number of hydrogen-bond donors (Lipinski definition) is 0. The maximum absolute atomic E-state index is 13.0. The minimum Gasteiger partial charge on any atom is -0.359 e. The number of aryl methyl sites for hydroxylation is 3. The molecule has 1 aromatic carbocycles. The second-order valence-electron chi connectivity index (χ2n) is 6.09. The molecular formula is C17H22N2O3S. The topological polar surface area (TPSA) is 63.4 Å². The maximum atomic E-state index is 13.0. The van der Waals surface area contributed by atoms with Gasteiger partial charge in [0.25, 0.3) is 0 Å². The van der Waals surface area contributed by atoms with Crippen molar-refractivity contribution in [3.8, 4) is 0 Å². The largest absolute Gasteiger partial charge is 0.359 e. The molecule has 23 heavy (non-hydrogen) atoms. The molecule has 3 rings (SSSR count). The van der Waals surface area contributed by atoms with Gasteiger partial charge in [0, 0.05) is 12.6 Å². The molecule has 1 aliphatic heterocycles. The highest BCUT2D eigenvalue weighted by Crippen LogP contribution is 2.37. The van der Waals surface area contributed by atoms with Gasteiger partial charge in [-0.2, -0.15) is 4.31 Å². The minimum atomic E-state index is -3.53. The Morgan fingerprint density at radius 1 is 1.26 bits per heavy atom. The number of hydrogen-bond acceptors (Lipinski definition) is 4. The van der Waals surface area contributed by atoms with Gasteiger partial charge in [-0.05, 0) is 56.4 Å². The molecule has 1 aromatic heterocycles. The van der Waals surface area contributed by atoms with Gasteiger partial charge in [0.2, 0.25) is 10.0 Å². The first-order chi connectivity index (χ1) is 10.9. The van der Waals surface area contributed by atoms with Crippen molar-refractivity contribution in [1.82, 2.24) is 9.46 Å². The lowest BCUT2D eigenvalue weighted by molar-refractivity contribution is 0.296. The smallest absolute Gasteiger partial charge is 0.243 e. The van der Waals surface area contributed by atoms with E-state index in [1.54, 1.807) is 16.4 Å². The lowest BCUT2D eigenvalue weighted by Crippen LogP contribution is -2.30. The van der Waals surface area contributed by atoms with Crippen molar-refractivity contribution in [3.05, 3.63) is 46.8 Å². The molecule has 1 saturated heterocycles. The molecular weight excluding hydrogens is 312 g/mol. The van der Waals surface area contributed by atoms with Gasteiger partial charge in [0.15, 0.2) is 5.76 Å². The van der Waals surface area contributed by atoms with Crippen LogP contribution in [-0.2, 0) is 16.4 Å². The van der Waals surface area contributed by atoms with E-state index in [2.05, 4.69) is 5.16 Å². The van der Waals surface area contributed by atoms with Crippen LogP contribution in [0.4, 0.5) is 0 Å². The van der Waals surface area contributed by atoms with E-state index in [1.165, 1.54) is 0 Å². The van der Waals surface area contributed by atoms with Crippen LogP contribution >= 0.6 is 0 Å². The monoisotopic (exact) mass is 334 g/mol. The summed E-state index contributed by atoms with van der Waals surface area (Å²) in [6.45, 7) is 6.42. The molecule has 5 nitrogen and oxygen atoms in total. The van der Waals surface area contributed by atoms with Gasteiger partial charge >= 0.3 is 0 Å². The summed E-state index contributed by atoms with van der Waals surface area (Å²) in [6.07, 6.45) is 2.37. The molecule has 2 aromatic rings.